The number of alkyl halides is 1. The van der Waals surface area contributed by atoms with Crippen LogP contribution < -0.4 is 15.2 Å². The number of nitrogens with two attached hydrogens (primary N) is 1. The molecule has 7 rings (SSSR count). The van der Waals surface area contributed by atoms with E-state index in [0.717, 1.165) is 56.4 Å². The first-order valence-electron chi connectivity index (χ1n) is 14.1. The third kappa shape index (κ3) is 4.43. The minimum Gasteiger partial charge on any atom is -0.474 e. The van der Waals surface area contributed by atoms with Crippen molar-refractivity contribution in [2.45, 2.75) is 62.8 Å². The molecule has 2 aromatic heterocycles. The number of nitrogen functional groups attached to an aromatic ring is 1. The molecule has 0 unspecified atom stereocenters. The van der Waals surface area contributed by atoms with Crippen molar-refractivity contribution < 1.29 is 22.6 Å². The molecule has 2 aromatic carbocycles. The van der Waals surface area contributed by atoms with Gasteiger partial charge in [-0.2, -0.15) is 15.2 Å². The minimum atomic E-state index is -0.924. The van der Waals surface area contributed by atoms with Gasteiger partial charge in [0.05, 0.1) is 26.2 Å². The van der Waals surface area contributed by atoms with E-state index in [2.05, 4.69) is 14.9 Å². The van der Waals surface area contributed by atoms with Crippen molar-refractivity contribution in [1.29, 1.82) is 5.26 Å². The van der Waals surface area contributed by atoms with Crippen LogP contribution in [-0.2, 0) is 0 Å². The van der Waals surface area contributed by atoms with Crippen LogP contribution >= 0.6 is 22.9 Å². The molecule has 3 aliphatic rings. The predicted molar refractivity (Wildman–Crippen MR) is 156 cm³/mol. The van der Waals surface area contributed by atoms with Crippen LogP contribution in [0.3, 0.4) is 0 Å². The molecular formula is C30H27ClF3N5O2S. The average molecular weight is 614 g/mol. The molecule has 2 N–H and O–H groups in total. The standard InChI is InChI=1S/C30H27ClF3N5O2S/c31-20-10-18-25(24(34)23(20)17-6-7-21(33)26-22(17)19(12-35)27(36)42-26)37-29(38-28(18)41-16-4-1-2-5-16)40-14-30-8-3-9-39(30)13-15(32)11-30/h6-7,10,15-16H,1-5,8-9,11,13-14,36H2/t15-,30+/m1/s1. The Kier molecular flexibility index (Phi) is 6.83. The first-order valence-corrected chi connectivity index (χ1v) is 15.3. The Morgan fingerprint density at radius 2 is 2.02 bits per heavy atom. The highest BCUT2D eigenvalue weighted by Crippen LogP contribution is 2.46. The van der Waals surface area contributed by atoms with E-state index >= 15 is 4.39 Å². The Balaban J connectivity index is 1.37. The number of aromatic nitrogens is 2. The zero-order valence-corrected chi connectivity index (χ0v) is 24.1. The van der Waals surface area contributed by atoms with Crippen molar-refractivity contribution in [3.05, 3.63) is 40.4 Å². The summed E-state index contributed by atoms with van der Waals surface area (Å²) in [7, 11) is 0. The summed E-state index contributed by atoms with van der Waals surface area (Å²) in [6.45, 7) is 1.35. The fraction of sp³-hybridized carbons (Fsp3) is 0.433. The van der Waals surface area contributed by atoms with Gasteiger partial charge in [-0.15, -0.1) is 11.3 Å². The van der Waals surface area contributed by atoms with Crippen LogP contribution in [-0.4, -0.2) is 52.4 Å². The molecule has 2 saturated heterocycles. The second-order valence-corrected chi connectivity index (χ2v) is 12.9. The van der Waals surface area contributed by atoms with Gasteiger partial charge in [0.25, 0.3) is 0 Å². The van der Waals surface area contributed by atoms with Crippen molar-refractivity contribution in [3.63, 3.8) is 0 Å². The third-order valence-corrected chi connectivity index (χ3v) is 10.2. The lowest BCUT2D eigenvalue weighted by Crippen LogP contribution is -2.43. The van der Waals surface area contributed by atoms with E-state index in [1.165, 1.54) is 18.2 Å². The van der Waals surface area contributed by atoms with Crippen molar-refractivity contribution in [2.75, 3.05) is 25.4 Å². The van der Waals surface area contributed by atoms with Gasteiger partial charge in [0, 0.05) is 23.9 Å². The number of nitriles is 1. The van der Waals surface area contributed by atoms with Crippen molar-refractivity contribution in [3.8, 4) is 29.1 Å². The fourth-order valence-corrected chi connectivity index (χ4v) is 8.11. The molecule has 1 saturated carbocycles. The second kappa shape index (κ2) is 10.4. The Labute approximate surface area is 249 Å². The topological polar surface area (TPSA) is 97.3 Å². The SMILES string of the molecule is N#Cc1c(N)sc2c(F)ccc(-c3c(Cl)cc4c(OC5CCCC5)nc(OC[C@@]56CCCN5C[C@H](F)C6)nc4c3F)c12. The molecule has 7 nitrogen and oxygen atoms in total. The average Bonchev–Trinajstić information content (AvgIpc) is 3.73. The van der Waals surface area contributed by atoms with Crippen LogP contribution in [0.2, 0.25) is 5.02 Å². The Bertz CT molecular complexity index is 1770. The maximum Gasteiger partial charge on any atom is 0.320 e. The number of thiophene rings is 1. The van der Waals surface area contributed by atoms with Crippen LogP contribution in [0.1, 0.15) is 50.5 Å². The molecule has 0 bridgehead atoms. The second-order valence-electron chi connectivity index (χ2n) is 11.4. The summed E-state index contributed by atoms with van der Waals surface area (Å²) < 4.78 is 58.2. The normalized spacial score (nSPS) is 22.7. The molecule has 4 heterocycles. The molecule has 0 spiro atoms. The van der Waals surface area contributed by atoms with E-state index in [1.807, 2.05) is 6.07 Å². The molecular weight excluding hydrogens is 587 g/mol. The maximum atomic E-state index is 16.6. The Morgan fingerprint density at radius 3 is 2.81 bits per heavy atom. The summed E-state index contributed by atoms with van der Waals surface area (Å²) in [6.07, 6.45) is 4.82. The van der Waals surface area contributed by atoms with E-state index in [9.17, 15) is 14.0 Å². The minimum absolute atomic E-state index is 0.0236. The van der Waals surface area contributed by atoms with Gasteiger partial charge in [0.2, 0.25) is 5.88 Å². The van der Waals surface area contributed by atoms with Crippen LogP contribution in [0.15, 0.2) is 18.2 Å². The summed E-state index contributed by atoms with van der Waals surface area (Å²) in [5.41, 5.74) is 5.72. The summed E-state index contributed by atoms with van der Waals surface area (Å²) in [6, 6.07) is 6.05. The molecule has 0 amide bonds. The van der Waals surface area contributed by atoms with Gasteiger partial charge in [-0.3, -0.25) is 4.90 Å². The number of rotatable bonds is 6. The fourth-order valence-electron chi connectivity index (χ4n) is 6.87. The lowest BCUT2D eigenvalue weighted by Gasteiger charge is -2.30. The van der Waals surface area contributed by atoms with Gasteiger partial charge in [-0.25, -0.2) is 13.2 Å². The summed E-state index contributed by atoms with van der Waals surface area (Å²) in [5, 5.41) is 10.4. The molecule has 218 valence electrons. The summed E-state index contributed by atoms with van der Waals surface area (Å²) in [4.78, 5) is 11.1. The van der Waals surface area contributed by atoms with E-state index in [4.69, 9.17) is 26.8 Å². The number of halogens is 4. The van der Waals surface area contributed by atoms with Crippen LogP contribution in [0.5, 0.6) is 11.9 Å². The number of ether oxygens (including phenoxy) is 2. The van der Waals surface area contributed by atoms with Gasteiger partial charge in [0.15, 0.2) is 5.82 Å². The zero-order valence-electron chi connectivity index (χ0n) is 22.6. The molecule has 3 fully saturated rings. The molecule has 1 aliphatic carbocycles. The number of anilines is 1. The first-order chi connectivity index (χ1) is 20.3. The molecule has 2 aliphatic heterocycles. The van der Waals surface area contributed by atoms with Gasteiger partial charge >= 0.3 is 6.01 Å². The van der Waals surface area contributed by atoms with E-state index in [-0.39, 0.29) is 72.3 Å². The van der Waals surface area contributed by atoms with Crippen molar-refractivity contribution >= 4 is 48.9 Å². The van der Waals surface area contributed by atoms with Crippen LogP contribution in [0.25, 0.3) is 32.1 Å². The highest BCUT2D eigenvalue weighted by Gasteiger charge is 2.49. The highest BCUT2D eigenvalue weighted by atomic mass is 35.5. The van der Waals surface area contributed by atoms with Gasteiger partial charge < -0.3 is 15.2 Å². The van der Waals surface area contributed by atoms with Crippen molar-refractivity contribution in [1.82, 2.24) is 14.9 Å². The van der Waals surface area contributed by atoms with Crippen molar-refractivity contribution in [2.24, 2.45) is 0 Å². The summed E-state index contributed by atoms with van der Waals surface area (Å²) >= 11 is 7.63. The van der Waals surface area contributed by atoms with Gasteiger partial charge in [0.1, 0.15) is 41.3 Å². The lowest BCUT2D eigenvalue weighted by molar-refractivity contribution is 0.106. The first kappa shape index (κ1) is 27.5. The smallest absolute Gasteiger partial charge is 0.320 e. The molecule has 42 heavy (non-hydrogen) atoms. The Hall–Kier alpha value is -3.33. The number of benzene rings is 2. The largest absolute Gasteiger partial charge is 0.474 e. The molecule has 0 radical (unpaired) electrons. The third-order valence-electron chi connectivity index (χ3n) is 8.84. The van der Waals surface area contributed by atoms with Gasteiger partial charge in [-0.05, 0) is 62.8 Å². The van der Waals surface area contributed by atoms with Crippen LogP contribution in [0.4, 0.5) is 18.2 Å². The zero-order chi connectivity index (χ0) is 29.2. The van der Waals surface area contributed by atoms with Crippen LogP contribution in [0, 0.1) is 23.0 Å². The summed E-state index contributed by atoms with van der Waals surface area (Å²) in [5.74, 6) is -1.20. The predicted octanol–water partition coefficient (Wildman–Crippen LogP) is 7.17. The lowest BCUT2D eigenvalue weighted by atomic mass is 9.95. The molecule has 12 heteroatoms. The number of fused-ring (bicyclic) bond motifs is 3. The van der Waals surface area contributed by atoms with E-state index < -0.39 is 23.3 Å². The maximum absolute atomic E-state index is 16.6. The van der Waals surface area contributed by atoms with Gasteiger partial charge in [-0.1, -0.05) is 17.7 Å². The quantitative estimate of drug-likeness (QED) is 0.246. The monoisotopic (exact) mass is 613 g/mol. The molecule has 4 aromatic rings. The number of hydrogen-bond donors (Lipinski definition) is 1. The highest BCUT2D eigenvalue weighted by molar-refractivity contribution is 7.23. The molecule has 2 atom stereocenters. The van der Waals surface area contributed by atoms with E-state index in [0.29, 0.717) is 13.0 Å². The van der Waals surface area contributed by atoms with E-state index in [1.54, 1.807) is 0 Å². The Morgan fingerprint density at radius 1 is 1.21 bits per heavy atom. The number of nitrogens with zero attached hydrogens (tertiary/aromatic N) is 4. The number of hydrogen-bond acceptors (Lipinski definition) is 8.